The van der Waals surface area contributed by atoms with E-state index in [0.29, 0.717) is 12.2 Å². The molecule has 1 aromatic carbocycles. The third-order valence-electron chi connectivity index (χ3n) is 6.32. The molecule has 3 aromatic rings. The molecule has 0 N–H and O–H groups in total. The summed E-state index contributed by atoms with van der Waals surface area (Å²) in [5, 5.41) is 4.42. The molecule has 5 rings (SSSR count). The van der Waals surface area contributed by atoms with Gasteiger partial charge in [-0.1, -0.05) is 30.3 Å². The number of carbonyl (C=O) groups is 1. The van der Waals surface area contributed by atoms with Crippen LogP contribution in [0.15, 0.2) is 48.8 Å². The van der Waals surface area contributed by atoms with Crippen LogP contribution in [0.2, 0.25) is 0 Å². The maximum absolute atomic E-state index is 13.1. The molecule has 0 radical (unpaired) electrons. The molecule has 1 fully saturated rings. The molecular formula is C23H25N5O. The van der Waals surface area contributed by atoms with E-state index in [2.05, 4.69) is 10.1 Å². The van der Waals surface area contributed by atoms with Crippen LogP contribution in [-0.4, -0.2) is 43.6 Å². The van der Waals surface area contributed by atoms with Crippen molar-refractivity contribution in [1.29, 1.82) is 0 Å². The zero-order chi connectivity index (χ0) is 19.8. The zero-order valence-electron chi connectivity index (χ0n) is 16.7. The highest BCUT2D eigenvalue weighted by Gasteiger charge is 2.45. The van der Waals surface area contributed by atoms with E-state index >= 15 is 0 Å². The van der Waals surface area contributed by atoms with Gasteiger partial charge in [0.1, 0.15) is 5.69 Å². The second-order valence-electron chi connectivity index (χ2n) is 8.10. The minimum atomic E-state index is -0.0664. The predicted molar refractivity (Wildman–Crippen MR) is 111 cm³/mol. The Bertz CT molecular complexity index is 1040. The Hall–Kier alpha value is -3.02. The summed E-state index contributed by atoms with van der Waals surface area (Å²) in [6.45, 7) is 4.29. The van der Waals surface area contributed by atoms with Gasteiger partial charge in [0.15, 0.2) is 5.82 Å². The fourth-order valence-corrected chi connectivity index (χ4v) is 4.78. The summed E-state index contributed by atoms with van der Waals surface area (Å²) in [6.07, 6.45) is 7.93. The molecule has 3 heterocycles. The molecule has 1 atom stereocenters. The van der Waals surface area contributed by atoms with Gasteiger partial charge in [0, 0.05) is 43.0 Å². The third kappa shape index (κ3) is 3.12. The monoisotopic (exact) mass is 387 g/mol. The summed E-state index contributed by atoms with van der Waals surface area (Å²) in [4.78, 5) is 24.7. The van der Waals surface area contributed by atoms with Crippen LogP contribution in [0.25, 0.3) is 11.4 Å². The number of amides is 1. The molecular weight excluding hydrogens is 362 g/mol. The van der Waals surface area contributed by atoms with Gasteiger partial charge in [0.25, 0.3) is 5.91 Å². The molecule has 0 saturated carbocycles. The van der Waals surface area contributed by atoms with Crippen LogP contribution in [0.1, 0.15) is 47.9 Å². The van der Waals surface area contributed by atoms with E-state index in [1.807, 2.05) is 60.6 Å². The molecule has 1 aliphatic heterocycles. The Labute approximate surface area is 170 Å². The highest BCUT2D eigenvalue weighted by molar-refractivity contribution is 5.92. The third-order valence-corrected chi connectivity index (χ3v) is 6.32. The fourth-order valence-electron chi connectivity index (χ4n) is 4.78. The maximum atomic E-state index is 13.1. The first-order valence-corrected chi connectivity index (χ1v) is 10.4. The quantitative estimate of drug-likeness (QED) is 0.690. The normalized spacial score (nSPS) is 20.8. The molecule has 1 unspecified atom stereocenters. The summed E-state index contributed by atoms with van der Waals surface area (Å²) in [7, 11) is 0. The minimum Gasteiger partial charge on any atom is -0.336 e. The van der Waals surface area contributed by atoms with Crippen molar-refractivity contribution in [2.75, 3.05) is 13.1 Å². The molecule has 29 heavy (non-hydrogen) atoms. The number of benzene rings is 1. The number of likely N-dealkylation sites (tertiary alicyclic amines) is 1. The van der Waals surface area contributed by atoms with Crippen molar-refractivity contribution >= 4 is 5.91 Å². The highest BCUT2D eigenvalue weighted by atomic mass is 16.2. The topological polar surface area (TPSA) is 63.9 Å². The predicted octanol–water partition coefficient (Wildman–Crippen LogP) is 3.48. The maximum Gasteiger partial charge on any atom is 0.274 e. The molecule has 2 aliphatic rings. The smallest absolute Gasteiger partial charge is 0.274 e. The van der Waals surface area contributed by atoms with Gasteiger partial charge >= 0.3 is 0 Å². The fraction of sp³-hybridized carbons (Fsp3) is 0.391. The van der Waals surface area contributed by atoms with Crippen LogP contribution in [0.5, 0.6) is 0 Å². The number of nitrogens with zero attached hydrogens (tertiary/aromatic N) is 5. The first-order valence-electron chi connectivity index (χ1n) is 10.4. The Kier molecular flexibility index (Phi) is 4.42. The van der Waals surface area contributed by atoms with E-state index in [1.54, 1.807) is 4.68 Å². The van der Waals surface area contributed by atoms with Crippen LogP contribution >= 0.6 is 0 Å². The SMILES string of the molecule is CCn1ccc(C(=O)N2CCCC3(CCc4cnc(-c5ccccc5)nc43)C2)n1. The van der Waals surface area contributed by atoms with Crippen molar-refractivity contribution in [1.82, 2.24) is 24.6 Å². The first-order chi connectivity index (χ1) is 14.2. The Morgan fingerprint density at radius 3 is 2.83 bits per heavy atom. The van der Waals surface area contributed by atoms with E-state index < -0.39 is 0 Å². The van der Waals surface area contributed by atoms with Crippen molar-refractivity contribution < 1.29 is 4.79 Å². The lowest BCUT2D eigenvalue weighted by molar-refractivity contribution is 0.0626. The van der Waals surface area contributed by atoms with Gasteiger partial charge < -0.3 is 4.90 Å². The second-order valence-corrected chi connectivity index (χ2v) is 8.10. The van der Waals surface area contributed by atoms with Crippen molar-refractivity contribution in [2.45, 2.75) is 44.6 Å². The van der Waals surface area contributed by atoms with Gasteiger partial charge in [-0.05, 0) is 44.2 Å². The first kappa shape index (κ1) is 18.0. The van der Waals surface area contributed by atoms with E-state index in [9.17, 15) is 4.79 Å². The van der Waals surface area contributed by atoms with Crippen molar-refractivity contribution in [2.24, 2.45) is 0 Å². The van der Waals surface area contributed by atoms with E-state index in [-0.39, 0.29) is 11.3 Å². The van der Waals surface area contributed by atoms with Crippen molar-refractivity contribution in [3.63, 3.8) is 0 Å². The lowest BCUT2D eigenvalue weighted by Gasteiger charge is -2.40. The van der Waals surface area contributed by atoms with E-state index in [4.69, 9.17) is 4.98 Å². The summed E-state index contributed by atoms with van der Waals surface area (Å²) in [5.74, 6) is 0.804. The average Bonchev–Trinajstić information content (AvgIpc) is 3.39. The van der Waals surface area contributed by atoms with Crippen LogP contribution in [0.4, 0.5) is 0 Å². The van der Waals surface area contributed by atoms with Crippen LogP contribution in [0.3, 0.4) is 0 Å². The highest BCUT2D eigenvalue weighted by Crippen LogP contribution is 2.44. The van der Waals surface area contributed by atoms with Gasteiger partial charge in [-0.25, -0.2) is 9.97 Å². The molecule has 0 bridgehead atoms. The van der Waals surface area contributed by atoms with E-state index in [1.165, 1.54) is 5.56 Å². The summed E-state index contributed by atoms with van der Waals surface area (Å²) < 4.78 is 1.80. The molecule has 1 amide bonds. The van der Waals surface area contributed by atoms with Crippen molar-refractivity contribution in [3.8, 4) is 11.4 Å². The molecule has 6 heteroatoms. The van der Waals surface area contributed by atoms with Crippen LogP contribution in [0, 0.1) is 0 Å². The standard InChI is InChI=1S/C23H25N5O/c1-2-28-14-10-19(26-28)22(29)27-13-6-11-23(16-27)12-9-18-15-24-21(25-20(18)23)17-7-4-3-5-8-17/h3-5,7-8,10,14-15H,2,6,9,11-13,16H2,1H3. The summed E-state index contributed by atoms with van der Waals surface area (Å²) in [5.41, 5.74) is 3.88. The number of hydrogen-bond donors (Lipinski definition) is 0. The molecule has 2 aromatic heterocycles. The van der Waals surface area contributed by atoms with Gasteiger partial charge in [-0.15, -0.1) is 0 Å². The lowest BCUT2D eigenvalue weighted by Crippen LogP contribution is -2.48. The molecule has 1 aliphatic carbocycles. The van der Waals surface area contributed by atoms with Crippen LogP contribution < -0.4 is 0 Å². The zero-order valence-corrected chi connectivity index (χ0v) is 16.7. The number of fused-ring (bicyclic) bond motifs is 2. The van der Waals surface area contributed by atoms with Crippen LogP contribution in [-0.2, 0) is 18.4 Å². The Morgan fingerprint density at radius 1 is 1.17 bits per heavy atom. The molecule has 1 spiro atoms. The number of aromatic nitrogens is 4. The number of aryl methyl sites for hydroxylation is 2. The molecule has 1 saturated heterocycles. The average molecular weight is 387 g/mol. The lowest BCUT2D eigenvalue weighted by atomic mass is 9.77. The number of rotatable bonds is 3. The van der Waals surface area contributed by atoms with Gasteiger partial charge in [0.05, 0.1) is 5.69 Å². The second kappa shape index (κ2) is 7.10. The van der Waals surface area contributed by atoms with Gasteiger partial charge in [0.2, 0.25) is 0 Å². The molecule has 148 valence electrons. The van der Waals surface area contributed by atoms with Crippen molar-refractivity contribution in [3.05, 3.63) is 65.7 Å². The summed E-state index contributed by atoms with van der Waals surface area (Å²) in [6, 6.07) is 11.9. The number of carbonyl (C=O) groups excluding carboxylic acids is 1. The van der Waals surface area contributed by atoms with E-state index in [0.717, 1.165) is 55.9 Å². The Balaban J connectivity index is 1.45. The largest absolute Gasteiger partial charge is 0.336 e. The minimum absolute atomic E-state index is 0.0297. The number of piperidine rings is 1. The Morgan fingerprint density at radius 2 is 2.03 bits per heavy atom. The van der Waals surface area contributed by atoms with Gasteiger partial charge in [-0.3, -0.25) is 9.48 Å². The van der Waals surface area contributed by atoms with Gasteiger partial charge in [-0.2, -0.15) is 5.10 Å². The summed E-state index contributed by atoms with van der Waals surface area (Å²) >= 11 is 0. The molecule has 6 nitrogen and oxygen atoms in total. The number of hydrogen-bond acceptors (Lipinski definition) is 4.